The highest BCUT2D eigenvalue weighted by Gasteiger charge is 2.39. The van der Waals surface area contributed by atoms with Crippen LogP contribution in [0.3, 0.4) is 0 Å². The number of ether oxygens (including phenoxy) is 1. The van der Waals surface area contributed by atoms with Crippen molar-refractivity contribution in [3.8, 4) is 0 Å². The average molecular weight is 390 g/mol. The molecule has 124 valence electrons. The molecule has 1 aromatic carbocycles. The van der Waals surface area contributed by atoms with Crippen molar-refractivity contribution in [3.63, 3.8) is 0 Å². The number of alkyl halides is 9. The third kappa shape index (κ3) is 5.40. The Hall–Kier alpha value is -0.860. The first-order chi connectivity index (χ1) is 9.72. The van der Waals surface area contributed by atoms with Crippen molar-refractivity contribution >= 4 is 40.8 Å². The summed E-state index contributed by atoms with van der Waals surface area (Å²) in [6.45, 7) is -0.927. The fourth-order valence-electron chi connectivity index (χ4n) is 1.36. The first-order valence-corrected chi connectivity index (χ1v) is 6.37. The molecular formula is C11H5Cl3F6O2. The van der Waals surface area contributed by atoms with Gasteiger partial charge in [0.2, 0.25) is 3.79 Å². The Kier molecular flexibility index (Phi) is 5.52. The van der Waals surface area contributed by atoms with E-state index in [1.807, 2.05) is 0 Å². The third-order valence-electron chi connectivity index (χ3n) is 2.24. The van der Waals surface area contributed by atoms with Gasteiger partial charge in [0.05, 0.1) is 16.7 Å². The smallest absolute Gasteiger partial charge is 0.417 e. The first-order valence-electron chi connectivity index (χ1n) is 5.24. The lowest BCUT2D eigenvalue weighted by Gasteiger charge is -2.16. The van der Waals surface area contributed by atoms with Crippen LogP contribution >= 0.6 is 34.8 Å². The van der Waals surface area contributed by atoms with Gasteiger partial charge >= 0.3 is 18.3 Å². The highest BCUT2D eigenvalue weighted by Crippen LogP contribution is 2.37. The van der Waals surface area contributed by atoms with Gasteiger partial charge in [0.25, 0.3) is 0 Å². The van der Waals surface area contributed by atoms with Gasteiger partial charge in [0.1, 0.15) is 6.61 Å². The number of benzene rings is 1. The van der Waals surface area contributed by atoms with Gasteiger partial charge < -0.3 is 4.74 Å². The number of carbonyl (C=O) groups is 1. The van der Waals surface area contributed by atoms with Crippen LogP contribution in [0.1, 0.15) is 21.5 Å². The molecule has 0 unspecified atom stereocenters. The van der Waals surface area contributed by atoms with Crippen LogP contribution < -0.4 is 0 Å². The fraction of sp³-hybridized carbons (Fsp3) is 0.364. The minimum absolute atomic E-state index is 0.0313. The molecule has 11 heteroatoms. The maximum Gasteiger partial charge on any atom is 0.417 e. The van der Waals surface area contributed by atoms with Gasteiger partial charge in [-0.2, -0.15) is 26.3 Å². The van der Waals surface area contributed by atoms with Crippen molar-refractivity contribution in [2.75, 3.05) is 6.61 Å². The Morgan fingerprint density at radius 1 is 1.00 bits per heavy atom. The van der Waals surface area contributed by atoms with Crippen LogP contribution in [-0.4, -0.2) is 16.4 Å². The number of hydrogen-bond acceptors (Lipinski definition) is 2. The highest BCUT2D eigenvalue weighted by atomic mass is 35.6. The van der Waals surface area contributed by atoms with E-state index in [1.54, 1.807) is 0 Å². The second-order valence-corrected chi connectivity index (χ2v) is 6.46. The maximum absolute atomic E-state index is 12.7. The van der Waals surface area contributed by atoms with E-state index < -0.39 is 45.4 Å². The Labute approximate surface area is 134 Å². The van der Waals surface area contributed by atoms with Crippen LogP contribution in [0.15, 0.2) is 18.2 Å². The molecule has 0 aromatic heterocycles. The first kappa shape index (κ1) is 19.2. The van der Waals surface area contributed by atoms with Gasteiger partial charge in [0.15, 0.2) is 0 Å². The van der Waals surface area contributed by atoms with E-state index in [-0.39, 0.29) is 18.2 Å². The summed E-state index contributed by atoms with van der Waals surface area (Å²) in [6, 6.07) is 0.368. The summed E-state index contributed by atoms with van der Waals surface area (Å²) in [7, 11) is 0. The lowest BCUT2D eigenvalue weighted by molar-refractivity contribution is -0.141. The number of carbonyl (C=O) groups excluding carboxylic acids is 1. The standard InChI is InChI=1S/C11H5Cl3F6O2/c12-9(13,14)4-22-8(21)6-3-5(10(15,16)17)1-2-7(6)11(18,19)20/h1-3H,4H2. The molecule has 0 saturated carbocycles. The zero-order chi connectivity index (χ0) is 17.3. The molecule has 0 aliphatic rings. The number of esters is 1. The molecule has 22 heavy (non-hydrogen) atoms. The molecule has 1 rings (SSSR count). The maximum atomic E-state index is 12.7. The van der Waals surface area contributed by atoms with E-state index in [4.69, 9.17) is 34.8 Å². The quantitative estimate of drug-likeness (QED) is 0.392. The Balaban J connectivity index is 3.26. The third-order valence-corrected chi connectivity index (χ3v) is 2.57. The van der Waals surface area contributed by atoms with Crippen molar-refractivity contribution in [3.05, 3.63) is 34.9 Å². The molecule has 0 amide bonds. The van der Waals surface area contributed by atoms with Gasteiger partial charge in [-0.25, -0.2) is 4.79 Å². The number of rotatable bonds is 2. The monoisotopic (exact) mass is 388 g/mol. The van der Waals surface area contributed by atoms with Gasteiger partial charge in [-0.15, -0.1) is 0 Å². The number of halogens is 9. The lowest BCUT2D eigenvalue weighted by atomic mass is 10.0. The van der Waals surface area contributed by atoms with E-state index in [0.29, 0.717) is 0 Å². The number of hydrogen-bond donors (Lipinski definition) is 0. The normalized spacial score (nSPS) is 13.1. The molecule has 0 aliphatic carbocycles. The topological polar surface area (TPSA) is 26.3 Å². The van der Waals surface area contributed by atoms with E-state index in [0.717, 1.165) is 0 Å². The molecular weight excluding hydrogens is 384 g/mol. The summed E-state index contributed by atoms with van der Waals surface area (Å²) in [6.07, 6.45) is -9.99. The van der Waals surface area contributed by atoms with Crippen LogP contribution in [0.4, 0.5) is 26.3 Å². The Bertz CT molecular complexity index is 562. The molecule has 0 fully saturated rings. The zero-order valence-electron chi connectivity index (χ0n) is 10.2. The van der Waals surface area contributed by atoms with E-state index in [9.17, 15) is 31.1 Å². The van der Waals surface area contributed by atoms with Crippen LogP contribution in [0.25, 0.3) is 0 Å². The lowest BCUT2D eigenvalue weighted by Crippen LogP contribution is -2.21. The zero-order valence-corrected chi connectivity index (χ0v) is 12.4. The largest absolute Gasteiger partial charge is 0.458 e. The molecule has 0 bridgehead atoms. The summed E-state index contributed by atoms with van der Waals surface area (Å²) in [4.78, 5) is 11.6. The van der Waals surface area contributed by atoms with Crippen LogP contribution in [0.5, 0.6) is 0 Å². The predicted molar refractivity (Wildman–Crippen MR) is 67.0 cm³/mol. The molecule has 0 heterocycles. The van der Waals surface area contributed by atoms with E-state index >= 15 is 0 Å². The molecule has 0 aliphatic heterocycles. The van der Waals surface area contributed by atoms with Crippen molar-refractivity contribution in [2.45, 2.75) is 16.1 Å². The Morgan fingerprint density at radius 2 is 1.55 bits per heavy atom. The fourth-order valence-corrected chi connectivity index (χ4v) is 1.53. The molecule has 0 radical (unpaired) electrons. The summed E-state index contributed by atoms with van der Waals surface area (Å²) in [5.74, 6) is -1.69. The molecule has 2 nitrogen and oxygen atoms in total. The van der Waals surface area contributed by atoms with Crippen molar-refractivity contribution in [1.29, 1.82) is 0 Å². The van der Waals surface area contributed by atoms with Gasteiger partial charge in [-0.1, -0.05) is 34.8 Å². The summed E-state index contributed by atoms with van der Waals surface area (Å²) < 4.78 is 78.0. The van der Waals surface area contributed by atoms with Gasteiger partial charge in [-0.05, 0) is 18.2 Å². The summed E-state index contributed by atoms with van der Waals surface area (Å²) in [5.41, 5.74) is -4.35. The second-order valence-electron chi connectivity index (χ2n) is 3.95. The minimum atomic E-state index is -5.06. The van der Waals surface area contributed by atoms with Crippen molar-refractivity contribution in [1.82, 2.24) is 0 Å². The molecule has 0 atom stereocenters. The van der Waals surface area contributed by atoms with Crippen molar-refractivity contribution < 1.29 is 35.9 Å². The van der Waals surface area contributed by atoms with Crippen molar-refractivity contribution in [2.24, 2.45) is 0 Å². The van der Waals surface area contributed by atoms with Crippen LogP contribution in [0, 0.1) is 0 Å². The van der Waals surface area contributed by atoms with E-state index in [2.05, 4.69) is 4.74 Å². The van der Waals surface area contributed by atoms with E-state index in [1.165, 1.54) is 0 Å². The van der Waals surface area contributed by atoms with Crippen LogP contribution in [0.2, 0.25) is 0 Å². The molecule has 0 spiro atoms. The van der Waals surface area contributed by atoms with Gasteiger partial charge in [-0.3, -0.25) is 0 Å². The second kappa shape index (κ2) is 6.33. The Morgan fingerprint density at radius 3 is 1.95 bits per heavy atom. The highest BCUT2D eigenvalue weighted by molar-refractivity contribution is 6.67. The SMILES string of the molecule is O=C(OCC(Cl)(Cl)Cl)c1cc(C(F)(F)F)ccc1C(F)(F)F. The van der Waals surface area contributed by atoms with Crippen LogP contribution in [-0.2, 0) is 17.1 Å². The predicted octanol–water partition coefficient (Wildman–Crippen LogP) is 5.25. The summed E-state index contributed by atoms with van der Waals surface area (Å²) in [5, 5.41) is 0. The van der Waals surface area contributed by atoms with Gasteiger partial charge in [0, 0.05) is 0 Å². The molecule has 0 N–H and O–H groups in total. The summed E-state index contributed by atoms with van der Waals surface area (Å²) >= 11 is 15.7. The minimum Gasteiger partial charge on any atom is -0.458 e. The average Bonchev–Trinajstić information content (AvgIpc) is 2.32. The molecule has 1 aromatic rings. The molecule has 0 saturated heterocycles.